The van der Waals surface area contributed by atoms with Gasteiger partial charge in [-0.25, -0.2) is 0 Å². The van der Waals surface area contributed by atoms with E-state index < -0.39 is 0 Å². The van der Waals surface area contributed by atoms with Crippen molar-refractivity contribution < 1.29 is 8.83 Å². The highest BCUT2D eigenvalue weighted by atomic mass is 32.1. The third kappa shape index (κ3) is 5.48. The van der Waals surface area contributed by atoms with Crippen LogP contribution in [0.25, 0.3) is 103 Å². The number of anilines is 2. The molecule has 0 fully saturated rings. The van der Waals surface area contributed by atoms with Gasteiger partial charge < -0.3 is 18.7 Å². The highest BCUT2D eigenvalue weighted by molar-refractivity contribution is 7.25. The van der Waals surface area contributed by atoms with Gasteiger partial charge in [0.15, 0.2) is 7.28 Å². The van der Waals surface area contributed by atoms with Crippen LogP contribution in [0.1, 0.15) is 52.7 Å². The Balaban J connectivity index is 1.19. The number of thiophene rings is 1. The molecular weight excluding hydrogens is 800 g/mol. The molecular formula is C58H45BN2O2S. The predicted octanol–water partition coefficient (Wildman–Crippen LogP) is 15.2. The average Bonchev–Trinajstić information content (AvgIpc) is 4.06. The summed E-state index contributed by atoms with van der Waals surface area (Å²) in [5, 5.41) is 12.3. The standard InChI is InChI=1S/C58H45BN2O2S/c1-57(2,3)33-20-23-35(24-21-33)60-44-30-50-39(36-16-11-13-19-49(36)64-50)27-40(44)51-52-37-17-10-12-18-47(37)63-56(52)53-41-26-34(58(4,5)6)22-25-45(41)61-46-28-38-42(32-14-8-7-9-15-32)31-62-48(38)29-43(46)59-54(51)55(53)61/h7-31,59-60H,1-6H3. The summed E-state index contributed by atoms with van der Waals surface area (Å²) in [6.45, 7) is 13.7. The average molecular weight is 845 g/mol. The first-order valence-corrected chi connectivity index (χ1v) is 23.2. The van der Waals surface area contributed by atoms with Crippen molar-refractivity contribution in [2.45, 2.75) is 52.4 Å². The van der Waals surface area contributed by atoms with Crippen molar-refractivity contribution in [2.75, 3.05) is 5.32 Å². The van der Waals surface area contributed by atoms with Crippen LogP contribution in [0, 0.1) is 0 Å². The fourth-order valence-corrected chi connectivity index (χ4v) is 11.6. The maximum atomic E-state index is 7.22. The minimum atomic E-state index is -0.0472. The molecule has 4 aromatic heterocycles. The number of fused-ring (bicyclic) bond motifs is 13. The van der Waals surface area contributed by atoms with Crippen LogP contribution in [0.15, 0.2) is 161 Å². The Morgan fingerprint density at radius 1 is 0.578 bits per heavy atom. The smallest absolute Gasteiger partial charge is 0.198 e. The Labute approximate surface area is 376 Å². The van der Waals surface area contributed by atoms with Crippen LogP contribution < -0.4 is 16.2 Å². The fraction of sp³-hybridized carbons (Fsp3) is 0.138. The van der Waals surface area contributed by atoms with Crippen molar-refractivity contribution >= 4 is 116 Å². The molecule has 1 aliphatic rings. The van der Waals surface area contributed by atoms with E-state index in [1.807, 2.05) is 17.6 Å². The monoisotopic (exact) mass is 844 g/mol. The second-order valence-corrected chi connectivity index (χ2v) is 20.9. The summed E-state index contributed by atoms with van der Waals surface area (Å²) < 4.78 is 18.7. The SMILES string of the molecule is CC(C)(C)c1ccc(Nc2cc3sc4ccccc4c3cc2-c2c3c4c(c5cc(C(C)(C)C)ccc5n4-c4cc5c(-c6ccccc6)coc5cc4B3)c3oc4ccccc4c23)cc1. The molecule has 0 amide bonds. The van der Waals surface area contributed by atoms with Gasteiger partial charge in [-0.3, -0.25) is 0 Å². The van der Waals surface area contributed by atoms with Gasteiger partial charge in [0.1, 0.15) is 16.7 Å². The Kier molecular flexibility index (Phi) is 7.78. The van der Waals surface area contributed by atoms with Gasteiger partial charge in [-0.05, 0) is 99.2 Å². The molecule has 5 heterocycles. The number of para-hydroxylation sites is 1. The number of nitrogens with zero attached hydrogens (tertiary/aromatic N) is 1. The second kappa shape index (κ2) is 13.3. The summed E-state index contributed by atoms with van der Waals surface area (Å²) in [6.07, 6.45) is 1.93. The van der Waals surface area contributed by atoms with Gasteiger partial charge in [0.05, 0.1) is 22.7 Å². The van der Waals surface area contributed by atoms with E-state index in [4.69, 9.17) is 8.83 Å². The van der Waals surface area contributed by atoms with Crippen molar-refractivity contribution in [3.05, 3.63) is 163 Å². The molecule has 13 rings (SSSR count). The molecule has 0 saturated heterocycles. The van der Waals surface area contributed by atoms with Crippen LogP contribution in [0.3, 0.4) is 0 Å². The lowest BCUT2D eigenvalue weighted by Gasteiger charge is -2.25. The van der Waals surface area contributed by atoms with E-state index in [2.05, 4.69) is 197 Å². The van der Waals surface area contributed by atoms with Crippen molar-refractivity contribution in [3.63, 3.8) is 0 Å². The summed E-state index contributed by atoms with van der Waals surface area (Å²) in [7, 11) is 0.721. The predicted molar refractivity (Wildman–Crippen MR) is 275 cm³/mol. The van der Waals surface area contributed by atoms with Crippen LogP contribution in [0.4, 0.5) is 11.4 Å². The quantitative estimate of drug-likeness (QED) is 0.180. The fourth-order valence-electron chi connectivity index (χ4n) is 10.5. The number of benzene rings is 8. The van der Waals surface area contributed by atoms with E-state index in [0.717, 1.165) is 68.3 Å². The highest BCUT2D eigenvalue weighted by Crippen LogP contribution is 2.49. The third-order valence-electron chi connectivity index (χ3n) is 13.8. The van der Waals surface area contributed by atoms with Crippen molar-refractivity contribution in [3.8, 4) is 27.9 Å². The van der Waals surface area contributed by atoms with Gasteiger partial charge in [-0.2, -0.15) is 0 Å². The first-order chi connectivity index (χ1) is 31.0. The lowest BCUT2D eigenvalue weighted by Crippen LogP contribution is -2.37. The Morgan fingerprint density at radius 2 is 1.31 bits per heavy atom. The summed E-state index contributed by atoms with van der Waals surface area (Å²) in [6, 6.07) is 53.6. The first-order valence-electron chi connectivity index (χ1n) is 22.4. The van der Waals surface area contributed by atoms with E-state index >= 15 is 0 Å². The van der Waals surface area contributed by atoms with Crippen LogP contribution in [0.5, 0.6) is 0 Å². The van der Waals surface area contributed by atoms with Crippen LogP contribution in [-0.4, -0.2) is 11.8 Å². The highest BCUT2D eigenvalue weighted by Gasteiger charge is 2.33. The third-order valence-corrected chi connectivity index (χ3v) is 14.9. The molecule has 0 saturated carbocycles. The Hall–Kier alpha value is -7.02. The van der Waals surface area contributed by atoms with E-state index in [-0.39, 0.29) is 10.8 Å². The molecule has 6 heteroatoms. The zero-order chi connectivity index (χ0) is 43.2. The van der Waals surface area contributed by atoms with Gasteiger partial charge in [-0.1, -0.05) is 132 Å². The van der Waals surface area contributed by atoms with Gasteiger partial charge >= 0.3 is 0 Å². The van der Waals surface area contributed by atoms with Crippen LogP contribution in [0.2, 0.25) is 0 Å². The van der Waals surface area contributed by atoms with Crippen LogP contribution in [-0.2, 0) is 10.8 Å². The van der Waals surface area contributed by atoms with E-state index in [9.17, 15) is 0 Å². The molecule has 0 atom stereocenters. The zero-order valence-electron chi connectivity index (χ0n) is 36.8. The number of furan rings is 2. The van der Waals surface area contributed by atoms with Gasteiger partial charge in [0.2, 0.25) is 0 Å². The maximum Gasteiger partial charge on any atom is 0.198 e. The number of hydrogen-bond donors (Lipinski definition) is 1. The van der Waals surface area contributed by atoms with Gasteiger partial charge in [0.25, 0.3) is 0 Å². The molecule has 0 spiro atoms. The molecule has 4 nitrogen and oxygen atoms in total. The largest absolute Gasteiger partial charge is 0.464 e. The van der Waals surface area contributed by atoms with Gasteiger partial charge in [0, 0.05) is 69.9 Å². The molecule has 308 valence electrons. The van der Waals surface area contributed by atoms with Crippen molar-refractivity contribution in [1.29, 1.82) is 0 Å². The molecule has 0 aliphatic carbocycles. The number of aromatic nitrogens is 1. The molecule has 0 bridgehead atoms. The van der Waals surface area contributed by atoms with Crippen molar-refractivity contribution in [2.24, 2.45) is 0 Å². The van der Waals surface area contributed by atoms with Crippen LogP contribution >= 0.6 is 11.3 Å². The minimum Gasteiger partial charge on any atom is -0.464 e. The van der Waals surface area contributed by atoms with E-state index in [1.54, 1.807) is 0 Å². The molecule has 1 aliphatic heterocycles. The van der Waals surface area contributed by atoms with Gasteiger partial charge in [-0.15, -0.1) is 11.3 Å². The number of rotatable bonds is 4. The second-order valence-electron chi connectivity index (χ2n) is 19.8. The van der Waals surface area contributed by atoms with Crippen molar-refractivity contribution in [1.82, 2.24) is 4.57 Å². The molecule has 8 aromatic carbocycles. The minimum absolute atomic E-state index is 0.0472. The van der Waals surface area contributed by atoms with E-state index in [1.165, 1.54) is 75.3 Å². The molecule has 64 heavy (non-hydrogen) atoms. The topological polar surface area (TPSA) is 43.2 Å². The summed E-state index contributed by atoms with van der Waals surface area (Å²) in [5.74, 6) is 0. The lowest BCUT2D eigenvalue weighted by molar-refractivity contribution is 0.590. The molecule has 0 radical (unpaired) electrons. The molecule has 0 unspecified atom stereocenters. The molecule has 12 aromatic rings. The molecule has 1 N–H and O–H groups in total. The lowest BCUT2D eigenvalue weighted by atomic mass is 9.58. The summed E-state index contributed by atoms with van der Waals surface area (Å²) in [4.78, 5) is 0. The normalized spacial score (nSPS) is 13.0. The Bertz CT molecular complexity index is 3910. The summed E-state index contributed by atoms with van der Waals surface area (Å²) >= 11 is 1.86. The number of nitrogens with one attached hydrogen (secondary N) is 1. The maximum absolute atomic E-state index is 7.22. The first kappa shape index (κ1) is 37.5. The summed E-state index contributed by atoms with van der Waals surface area (Å²) in [5.41, 5.74) is 18.1. The Morgan fingerprint density at radius 3 is 2.11 bits per heavy atom. The van der Waals surface area contributed by atoms with E-state index in [0.29, 0.717) is 0 Å². The number of hydrogen-bond acceptors (Lipinski definition) is 4. The zero-order valence-corrected chi connectivity index (χ0v) is 37.6.